The van der Waals surface area contributed by atoms with Crippen LogP contribution in [0.2, 0.25) is 0 Å². The van der Waals surface area contributed by atoms with Gasteiger partial charge < -0.3 is 10.2 Å². The minimum atomic E-state index is -0.842. The number of rotatable bonds is 4. The van der Waals surface area contributed by atoms with Crippen LogP contribution in [0, 0.1) is 23.7 Å². The molecule has 2 bridgehead atoms. The van der Waals surface area contributed by atoms with Crippen molar-refractivity contribution < 1.29 is 19.8 Å². The molecule has 2 N–H and O–H groups in total. The summed E-state index contributed by atoms with van der Waals surface area (Å²) in [7, 11) is 0. The van der Waals surface area contributed by atoms with E-state index >= 15 is 0 Å². The monoisotopic (exact) mass is 210 g/mol. The van der Waals surface area contributed by atoms with Crippen molar-refractivity contribution in [2.24, 2.45) is 23.7 Å². The lowest BCUT2D eigenvalue weighted by atomic mass is 9.80. The van der Waals surface area contributed by atoms with E-state index in [4.69, 9.17) is 10.2 Å². The van der Waals surface area contributed by atoms with Gasteiger partial charge in [-0.25, -0.2) is 0 Å². The van der Waals surface area contributed by atoms with Gasteiger partial charge in [0.05, 0.1) is 5.92 Å². The van der Waals surface area contributed by atoms with Crippen molar-refractivity contribution in [1.29, 1.82) is 0 Å². The molecule has 4 atom stereocenters. The van der Waals surface area contributed by atoms with Gasteiger partial charge in [0.2, 0.25) is 0 Å². The predicted molar refractivity (Wildman–Crippen MR) is 52.2 cm³/mol. The summed E-state index contributed by atoms with van der Waals surface area (Å²) in [6.07, 6.45) is 5.47. The van der Waals surface area contributed by atoms with Gasteiger partial charge in [0, 0.05) is 6.42 Å². The second kappa shape index (κ2) is 3.68. The molecule has 0 radical (unpaired) electrons. The van der Waals surface area contributed by atoms with Crippen LogP contribution >= 0.6 is 0 Å². The van der Waals surface area contributed by atoms with Crippen LogP contribution in [0.25, 0.3) is 0 Å². The lowest BCUT2D eigenvalue weighted by Gasteiger charge is -2.23. The smallest absolute Gasteiger partial charge is 0.307 e. The number of allylic oxidation sites excluding steroid dienone is 2. The van der Waals surface area contributed by atoms with Crippen molar-refractivity contribution >= 4 is 11.9 Å². The third-order valence-electron chi connectivity index (χ3n) is 3.60. The maximum absolute atomic E-state index is 11.1. The lowest BCUT2D eigenvalue weighted by Crippen LogP contribution is -2.27. The van der Waals surface area contributed by atoms with Gasteiger partial charge >= 0.3 is 11.9 Å². The zero-order valence-electron chi connectivity index (χ0n) is 8.30. The van der Waals surface area contributed by atoms with Gasteiger partial charge in [-0.1, -0.05) is 12.2 Å². The van der Waals surface area contributed by atoms with Gasteiger partial charge in [-0.05, 0) is 30.6 Å². The Kier molecular flexibility index (Phi) is 2.50. The summed E-state index contributed by atoms with van der Waals surface area (Å²) < 4.78 is 0. The summed E-state index contributed by atoms with van der Waals surface area (Å²) in [5.41, 5.74) is 0. The standard InChI is InChI=1S/C11H14O4/c12-9(13)4-3-8-6-1-2-7(5-6)10(8)11(14)15/h1-2,6-8,10H,3-5H2,(H,12,13)(H,14,15)/t6-,7-,8+,10-/m0/s1. The van der Waals surface area contributed by atoms with Crippen LogP contribution in [0.4, 0.5) is 0 Å². The summed E-state index contributed by atoms with van der Waals surface area (Å²) in [6.45, 7) is 0. The Hall–Kier alpha value is -1.32. The number of carboxylic acids is 2. The van der Waals surface area contributed by atoms with E-state index in [1.165, 1.54) is 0 Å². The summed E-state index contributed by atoms with van der Waals surface area (Å²) in [6, 6.07) is 0. The molecule has 0 aromatic rings. The van der Waals surface area contributed by atoms with Crippen LogP contribution in [-0.4, -0.2) is 22.2 Å². The summed E-state index contributed by atoms with van der Waals surface area (Å²) in [5, 5.41) is 17.7. The Morgan fingerprint density at radius 1 is 1.20 bits per heavy atom. The fourth-order valence-electron chi connectivity index (χ4n) is 2.97. The average molecular weight is 210 g/mol. The quantitative estimate of drug-likeness (QED) is 0.687. The highest BCUT2D eigenvalue weighted by Crippen LogP contribution is 2.49. The SMILES string of the molecule is O=C(O)CC[C@H]1[C@@H](C(=O)O)[C@H]2C=C[C@H]1C2. The molecule has 0 spiro atoms. The van der Waals surface area contributed by atoms with Crippen LogP contribution in [0.1, 0.15) is 19.3 Å². The molecule has 1 fully saturated rings. The number of carbonyl (C=O) groups is 2. The molecule has 4 heteroatoms. The maximum Gasteiger partial charge on any atom is 0.307 e. The minimum Gasteiger partial charge on any atom is -0.481 e. The second-order valence-electron chi connectivity index (χ2n) is 4.41. The molecule has 4 nitrogen and oxygen atoms in total. The molecule has 2 rings (SSSR count). The predicted octanol–water partition coefficient (Wildman–Crippen LogP) is 1.37. The van der Waals surface area contributed by atoms with E-state index in [0.29, 0.717) is 6.42 Å². The van der Waals surface area contributed by atoms with Crippen molar-refractivity contribution in [3.8, 4) is 0 Å². The Bertz CT molecular complexity index is 321. The molecule has 0 amide bonds. The number of hydrogen-bond acceptors (Lipinski definition) is 2. The van der Waals surface area contributed by atoms with Gasteiger partial charge in [-0.2, -0.15) is 0 Å². The summed E-state index contributed by atoms with van der Waals surface area (Å²) in [4.78, 5) is 21.5. The highest BCUT2D eigenvalue weighted by atomic mass is 16.4. The maximum atomic E-state index is 11.1. The topological polar surface area (TPSA) is 74.6 Å². The number of hydrogen-bond donors (Lipinski definition) is 2. The summed E-state index contributed by atoms with van der Waals surface area (Å²) >= 11 is 0. The van der Waals surface area contributed by atoms with Gasteiger partial charge in [0.15, 0.2) is 0 Å². The molecule has 2 aliphatic rings. The van der Waals surface area contributed by atoms with E-state index in [9.17, 15) is 9.59 Å². The lowest BCUT2D eigenvalue weighted by molar-refractivity contribution is -0.145. The third kappa shape index (κ3) is 1.76. The van der Waals surface area contributed by atoms with Crippen LogP contribution < -0.4 is 0 Å². The van der Waals surface area contributed by atoms with Crippen molar-refractivity contribution in [1.82, 2.24) is 0 Å². The second-order valence-corrected chi connectivity index (χ2v) is 4.41. The van der Waals surface area contributed by atoms with E-state index in [-0.39, 0.29) is 30.1 Å². The molecule has 0 heterocycles. The normalized spacial score (nSPS) is 37.1. The average Bonchev–Trinajstić information content (AvgIpc) is 2.72. The highest BCUT2D eigenvalue weighted by Gasteiger charge is 2.47. The van der Waals surface area contributed by atoms with E-state index in [1.807, 2.05) is 6.08 Å². The molecule has 15 heavy (non-hydrogen) atoms. The van der Waals surface area contributed by atoms with E-state index in [1.54, 1.807) is 0 Å². The molecule has 0 aliphatic heterocycles. The van der Waals surface area contributed by atoms with Crippen molar-refractivity contribution in [2.45, 2.75) is 19.3 Å². The first kappa shape index (κ1) is 10.2. The zero-order valence-corrected chi connectivity index (χ0v) is 8.30. The Morgan fingerprint density at radius 2 is 1.87 bits per heavy atom. The molecular formula is C11H14O4. The van der Waals surface area contributed by atoms with E-state index in [2.05, 4.69) is 6.08 Å². The first-order valence-corrected chi connectivity index (χ1v) is 5.22. The number of carboxylic acid groups (broad SMARTS) is 2. The fraction of sp³-hybridized carbons (Fsp3) is 0.636. The molecule has 0 aromatic carbocycles. The molecule has 0 aromatic heterocycles. The van der Waals surface area contributed by atoms with Gasteiger partial charge in [-0.15, -0.1) is 0 Å². The van der Waals surface area contributed by atoms with Gasteiger partial charge in [-0.3, -0.25) is 9.59 Å². The molecule has 2 aliphatic carbocycles. The zero-order chi connectivity index (χ0) is 11.0. The largest absolute Gasteiger partial charge is 0.481 e. The Labute approximate surface area is 87.6 Å². The molecular weight excluding hydrogens is 196 g/mol. The van der Waals surface area contributed by atoms with Crippen LogP contribution in [0.15, 0.2) is 12.2 Å². The first-order valence-electron chi connectivity index (χ1n) is 5.22. The highest BCUT2D eigenvalue weighted by molar-refractivity contribution is 5.72. The molecule has 82 valence electrons. The van der Waals surface area contributed by atoms with Gasteiger partial charge in [0.25, 0.3) is 0 Å². The summed E-state index contributed by atoms with van der Waals surface area (Å²) in [5.74, 6) is -1.54. The van der Waals surface area contributed by atoms with Gasteiger partial charge in [0.1, 0.15) is 0 Å². The molecule has 0 saturated heterocycles. The Balaban J connectivity index is 2.05. The van der Waals surface area contributed by atoms with Crippen LogP contribution in [-0.2, 0) is 9.59 Å². The van der Waals surface area contributed by atoms with Crippen molar-refractivity contribution in [2.75, 3.05) is 0 Å². The van der Waals surface area contributed by atoms with E-state index < -0.39 is 11.9 Å². The van der Waals surface area contributed by atoms with Crippen LogP contribution in [0.3, 0.4) is 0 Å². The third-order valence-corrected chi connectivity index (χ3v) is 3.60. The molecule has 0 unspecified atom stereocenters. The number of aliphatic carboxylic acids is 2. The van der Waals surface area contributed by atoms with E-state index in [0.717, 1.165) is 6.42 Å². The Morgan fingerprint density at radius 3 is 2.47 bits per heavy atom. The van der Waals surface area contributed by atoms with Crippen molar-refractivity contribution in [3.63, 3.8) is 0 Å². The van der Waals surface area contributed by atoms with Crippen LogP contribution in [0.5, 0.6) is 0 Å². The molecule has 1 saturated carbocycles. The van der Waals surface area contributed by atoms with Crippen molar-refractivity contribution in [3.05, 3.63) is 12.2 Å². The fourth-order valence-corrected chi connectivity index (χ4v) is 2.97. The number of fused-ring (bicyclic) bond motifs is 2. The minimum absolute atomic E-state index is 0.0219. The first-order chi connectivity index (χ1) is 7.09.